The number of rotatable bonds is 6. The van der Waals surface area contributed by atoms with E-state index < -0.39 is 5.97 Å². The Morgan fingerprint density at radius 1 is 1.52 bits per heavy atom. The quantitative estimate of drug-likeness (QED) is 0.802. The molecule has 21 heavy (non-hydrogen) atoms. The molecule has 1 fully saturated rings. The molecule has 0 atom stereocenters. The van der Waals surface area contributed by atoms with Crippen molar-refractivity contribution in [3.63, 3.8) is 0 Å². The van der Waals surface area contributed by atoms with E-state index in [1.807, 2.05) is 11.4 Å². The lowest BCUT2D eigenvalue weighted by molar-refractivity contribution is -0.141. The zero-order chi connectivity index (χ0) is 15.5. The Hall–Kier alpha value is -1.08. The van der Waals surface area contributed by atoms with Crippen LogP contribution in [0.4, 0.5) is 4.79 Å². The number of carbonyl (C=O) groups excluding carboxylic acids is 1. The Balaban J connectivity index is 1.82. The summed E-state index contributed by atoms with van der Waals surface area (Å²) in [6.07, 6.45) is 2.93. The number of nitrogens with one attached hydrogen (secondary N) is 1. The molecule has 1 aliphatic rings. The summed E-state index contributed by atoms with van der Waals surface area (Å²) in [6.45, 7) is 0.982. The van der Waals surface area contributed by atoms with Crippen molar-refractivity contribution in [2.24, 2.45) is 5.41 Å². The maximum absolute atomic E-state index is 12.1. The lowest BCUT2D eigenvalue weighted by atomic mass is 9.66. The predicted octanol–water partition coefficient (Wildman–Crippen LogP) is 3.30. The van der Waals surface area contributed by atoms with E-state index in [-0.39, 0.29) is 17.9 Å². The van der Waals surface area contributed by atoms with Crippen molar-refractivity contribution in [3.05, 3.63) is 20.8 Å². The summed E-state index contributed by atoms with van der Waals surface area (Å²) >= 11 is 4.99. The highest BCUT2D eigenvalue weighted by atomic mass is 79.9. The van der Waals surface area contributed by atoms with E-state index in [1.165, 1.54) is 0 Å². The second-order valence-corrected chi connectivity index (χ2v) is 7.99. The molecule has 2 amide bonds. The number of nitrogens with zero attached hydrogens (tertiary/aromatic N) is 1. The molecule has 0 unspecified atom stereocenters. The summed E-state index contributed by atoms with van der Waals surface area (Å²) in [5.41, 5.74) is 0.835. The molecule has 5 nitrogen and oxygen atoms in total. The van der Waals surface area contributed by atoms with Gasteiger partial charge in [-0.15, -0.1) is 11.3 Å². The summed E-state index contributed by atoms with van der Waals surface area (Å²) < 4.78 is 1.04. The van der Waals surface area contributed by atoms with Crippen LogP contribution in [0.2, 0.25) is 0 Å². The molecule has 0 aliphatic heterocycles. The average Bonchev–Trinajstić information content (AvgIpc) is 2.77. The van der Waals surface area contributed by atoms with Gasteiger partial charge >= 0.3 is 12.0 Å². The standard InChI is InChI=1S/C14H19BrN2O3S/c1-17(7-10-5-11(15)21-8-10)13(20)16-9-14(3-2-4-14)6-12(18)19/h5,8H,2-4,6-7,9H2,1H3,(H,16,20)(H,18,19). The van der Waals surface area contributed by atoms with Gasteiger partial charge < -0.3 is 15.3 Å². The highest BCUT2D eigenvalue weighted by Gasteiger charge is 2.39. The second-order valence-electron chi connectivity index (χ2n) is 5.70. The van der Waals surface area contributed by atoms with Crippen LogP contribution >= 0.6 is 27.3 Å². The van der Waals surface area contributed by atoms with Gasteiger partial charge in [0.15, 0.2) is 0 Å². The Labute approximate surface area is 136 Å². The molecule has 0 saturated heterocycles. The first kappa shape index (κ1) is 16.3. The summed E-state index contributed by atoms with van der Waals surface area (Å²) in [5, 5.41) is 13.8. The lowest BCUT2D eigenvalue weighted by Gasteiger charge is -2.41. The number of urea groups is 1. The highest BCUT2D eigenvalue weighted by molar-refractivity contribution is 9.11. The number of thiophene rings is 1. The first-order valence-electron chi connectivity index (χ1n) is 6.84. The molecule has 2 rings (SSSR count). The number of carbonyl (C=O) groups is 2. The number of hydrogen-bond donors (Lipinski definition) is 2. The SMILES string of the molecule is CN(Cc1csc(Br)c1)C(=O)NCC1(CC(=O)O)CCC1. The van der Waals surface area contributed by atoms with Crippen molar-refractivity contribution in [2.45, 2.75) is 32.2 Å². The third-order valence-electron chi connectivity index (χ3n) is 3.94. The molecule has 0 bridgehead atoms. The fourth-order valence-corrected chi connectivity index (χ4v) is 3.79. The Kier molecular flexibility index (Phi) is 5.27. The third-order valence-corrected chi connectivity index (χ3v) is 5.50. The highest BCUT2D eigenvalue weighted by Crippen LogP contribution is 2.43. The third kappa shape index (κ3) is 4.44. The van der Waals surface area contributed by atoms with Crippen LogP contribution in [0, 0.1) is 5.41 Å². The first-order valence-corrected chi connectivity index (χ1v) is 8.51. The normalized spacial score (nSPS) is 16.1. The summed E-state index contributed by atoms with van der Waals surface area (Å²) in [4.78, 5) is 24.6. The monoisotopic (exact) mass is 374 g/mol. The van der Waals surface area contributed by atoms with Gasteiger partial charge in [0.25, 0.3) is 0 Å². The lowest BCUT2D eigenvalue weighted by Crippen LogP contribution is -2.46. The predicted molar refractivity (Wildman–Crippen MR) is 85.4 cm³/mol. The zero-order valence-corrected chi connectivity index (χ0v) is 14.3. The van der Waals surface area contributed by atoms with Gasteiger partial charge in [-0.2, -0.15) is 0 Å². The van der Waals surface area contributed by atoms with Gasteiger partial charge in [0.05, 0.1) is 10.2 Å². The fourth-order valence-electron chi connectivity index (χ4n) is 2.59. The Morgan fingerprint density at radius 2 is 2.24 bits per heavy atom. The summed E-state index contributed by atoms with van der Waals surface area (Å²) in [5.74, 6) is -0.791. The van der Waals surface area contributed by atoms with Gasteiger partial charge in [-0.1, -0.05) is 6.42 Å². The number of carboxylic acid groups (broad SMARTS) is 1. The van der Waals surface area contributed by atoms with Crippen molar-refractivity contribution in [1.29, 1.82) is 0 Å². The molecule has 1 aliphatic carbocycles. The molecule has 1 aromatic rings. The number of hydrogen-bond acceptors (Lipinski definition) is 3. The minimum absolute atomic E-state index is 0.133. The van der Waals surface area contributed by atoms with E-state index in [1.54, 1.807) is 23.3 Å². The molecular weight excluding hydrogens is 356 g/mol. The maximum atomic E-state index is 12.1. The van der Waals surface area contributed by atoms with E-state index in [4.69, 9.17) is 5.11 Å². The molecular formula is C14H19BrN2O3S. The van der Waals surface area contributed by atoms with Crippen molar-refractivity contribution in [1.82, 2.24) is 10.2 Å². The Bertz CT molecular complexity index is 528. The van der Waals surface area contributed by atoms with E-state index in [0.29, 0.717) is 13.1 Å². The molecule has 0 radical (unpaired) electrons. The molecule has 1 aromatic heterocycles. The smallest absolute Gasteiger partial charge is 0.317 e. The number of aliphatic carboxylic acids is 1. The molecule has 2 N–H and O–H groups in total. The number of carboxylic acids is 1. The van der Waals surface area contributed by atoms with Crippen LogP contribution < -0.4 is 5.32 Å². The van der Waals surface area contributed by atoms with Crippen molar-refractivity contribution in [2.75, 3.05) is 13.6 Å². The van der Waals surface area contributed by atoms with Gasteiger partial charge in [-0.3, -0.25) is 4.79 Å². The van der Waals surface area contributed by atoms with Crippen molar-refractivity contribution in [3.8, 4) is 0 Å². The maximum Gasteiger partial charge on any atom is 0.317 e. The van der Waals surface area contributed by atoms with Gasteiger partial charge in [0, 0.05) is 20.1 Å². The zero-order valence-electron chi connectivity index (χ0n) is 11.9. The van der Waals surface area contributed by atoms with Crippen LogP contribution in [0.5, 0.6) is 0 Å². The molecule has 7 heteroatoms. The minimum Gasteiger partial charge on any atom is -0.481 e. The largest absolute Gasteiger partial charge is 0.481 e. The molecule has 116 valence electrons. The van der Waals surface area contributed by atoms with E-state index in [0.717, 1.165) is 28.6 Å². The van der Waals surface area contributed by atoms with Gasteiger partial charge in [-0.05, 0) is 51.2 Å². The average molecular weight is 375 g/mol. The number of halogens is 1. The molecule has 0 spiro atoms. The van der Waals surface area contributed by atoms with Crippen LogP contribution in [0.3, 0.4) is 0 Å². The van der Waals surface area contributed by atoms with E-state index in [2.05, 4.69) is 21.2 Å². The van der Waals surface area contributed by atoms with Crippen LogP contribution in [-0.4, -0.2) is 35.6 Å². The van der Waals surface area contributed by atoms with Crippen LogP contribution in [0.15, 0.2) is 15.2 Å². The molecule has 0 aromatic carbocycles. The van der Waals surface area contributed by atoms with Crippen LogP contribution in [-0.2, 0) is 11.3 Å². The van der Waals surface area contributed by atoms with Crippen LogP contribution in [0.25, 0.3) is 0 Å². The van der Waals surface area contributed by atoms with E-state index in [9.17, 15) is 9.59 Å². The number of amides is 2. The van der Waals surface area contributed by atoms with Gasteiger partial charge in [-0.25, -0.2) is 4.79 Å². The summed E-state index contributed by atoms with van der Waals surface area (Å²) in [6, 6.07) is 1.83. The summed E-state index contributed by atoms with van der Waals surface area (Å²) in [7, 11) is 1.74. The first-order chi connectivity index (χ1) is 9.90. The molecule has 1 saturated carbocycles. The Morgan fingerprint density at radius 3 is 2.71 bits per heavy atom. The molecule has 1 heterocycles. The van der Waals surface area contributed by atoms with Gasteiger partial charge in [0.2, 0.25) is 0 Å². The second kappa shape index (κ2) is 6.79. The topological polar surface area (TPSA) is 69.6 Å². The minimum atomic E-state index is -0.791. The van der Waals surface area contributed by atoms with Gasteiger partial charge in [0.1, 0.15) is 0 Å². The van der Waals surface area contributed by atoms with Crippen molar-refractivity contribution >= 4 is 39.3 Å². The van der Waals surface area contributed by atoms with Crippen molar-refractivity contribution < 1.29 is 14.7 Å². The van der Waals surface area contributed by atoms with Crippen LogP contribution in [0.1, 0.15) is 31.2 Å². The fraction of sp³-hybridized carbons (Fsp3) is 0.571. The van der Waals surface area contributed by atoms with E-state index >= 15 is 0 Å².